The molecular weight excluding hydrogens is 148 g/mol. The zero-order chi connectivity index (χ0) is 8.97. The van der Waals surface area contributed by atoms with E-state index in [0.717, 1.165) is 18.5 Å². The first-order valence-electron chi connectivity index (χ1n) is 5.16. The summed E-state index contributed by atoms with van der Waals surface area (Å²) in [6.45, 7) is 11.8. The molecule has 0 saturated carbocycles. The summed E-state index contributed by atoms with van der Waals surface area (Å²) < 4.78 is 0. The van der Waals surface area contributed by atoms with Crippen molar-refractivity contribution in [2.75, 3.05) is 26.2 Å². The molecule has 2 nitrogen and oxygen atoms in total. The topological polar surface area (TPSA) is 15.3 Å². The Balaban J connectivity index is 2.37. The summed E-state index contributed by atoms with van der Waals surface area (Å²) in [6.07, 6.45) is 1.30. The molecule has 1 fully saturated rings. The minimum absolute atomic E-state index is 0.741. The number of nitrogens with one attached hydrogen (secondary N) is 1. The molecule has 1 unspecified atom stereocenters. The first kappa shape index (κ1) is 10.0. The van der Waals surface area contributed by atoms with E-state index in [2.05, 4.69) is 31.0 Å². The molecule has 0 radical (unpaired) electrons. The molecule has 1 heterocycles. The van der Waals surface area contributed by atoms with Crippen molar-refractivity contribution in [2.45, 2.75) is 33.2 Å². The molecule has 2 heteroatoms. The molecule has 1 saturated heterocycles. The number of hydrogen-bond acceptors (Lipinski definition) is 2. The normalized spacial score (nSPS) is 24.0. The second-order valence-electron chi connectivity index (χ2n) is 4.12. The van der Waals surface area contributed by atoms with Gasteiger partial charge in [0.15, 0.2) is 0 Å². The van der Waals surface area contributed by atoms with Gasteiger partial charge in [0.1, 0.15) is 0 Å². The van der Waals surface area contributed by atoms with E-state index < -0.39 is 0 Å². The molecule has 1 N–H and O–H groups in total. The Labute approximate surface area is 76.3 Å². The van der Waals surface area contributed by atoms with E-state index in [1.54, 1.807) is 0 Å². The maximum absolute atomic E-state index is 3.43. The van der Waals surface area contributed by atoms with Gasteiger partial charge in [-0.05, 0) is 32.4 Å². The molecule has 0 aliphatic carbocycles. The molecule has 1 aliphatic rings. The Morgan fingerprint density at radius 1 is 1.08 bits per heavy atom. The maximum Gasteiger partial charge on any atom is 0.0110 e. The summed E-state index contributed by atoms with van der Waals surface area (Å²) in [5, 5.41) is 3.43. The van der Waals surface area contributed by atoms with Crippen LogP contribution in [-0.2, 0) is 0 Å². The van der Waals surface area contributed by atoms with E-state index in [9.17, 15) is 0 Å². The van der Waals surface area contributed by atoms with E-state index in [0.29, 0.717) is 0 Å². The third kappa shape index (κ3) is 2.76. The van der Waals surface area contributed by atoms with Crippen LogP contribution in [0.3, 0.4) is 0 Å². The van der Waals surface area contributed by atoms with Crippen molar-refractivity contribution in [1.29, 1.82) is 0 Å². The van der Waals surface area contributed by atoms with Crippen molar-refractivity contribution in [3.8, 4) is 0 Å². The van der Waals surface area contributed by atoms with Crippen LogP contribution < -0.4 is 5.32 Å². The van der Waals surface area contributed by atoms with Crippen molar-refractivity contribution in [3.63, 3.8) is 0 Å². The van der Waals surface area contributed by atoms with Gasteiger partial charge in [0, 0.05) is 19.1 Å². The van der Waals surface area contributed by atoms with E-state index in [-0.39, 0.29) is 0 Å². The Morgan fingerprint density at radius 2 is 1.83 bits per heavy atom. The highest BCUT2D eigenvalue weighted by molar-refractivity contribution is 4.73. The van der Waals surface area contributed by atoms with Gasteiger partial charge in [-0.3, -0.25) is 4.90 Å². The maximum atomic E-state index is 3.43. The molecular formula is C10H22N2. The van der Waals surface area contributed by atoms with Crippen molar-refractivity contribution in [3.05, 3.63) is 0 Å². The number of nitrogens with zero attached hydrogens (tertiary/aromatic N) is 1. The van der Waals surface area contributed by atoms with Gasteiger partial charge in [-0.1, -0.05) is 13.8 Å². The lowest BCUT2D eigenvalue weighted by molar-refractivity contribution is 0.179. The highest BCUT2D eigenvalue weighted by atomic mass is 15.2. The Kier molecular flexibility index (Phi) is 4.02. The van der Waals surface area contributed by atoms with Crippen molar-refractivity contribution in [2.24, 2.45) is 5.92 Å². The zero-order valence-corrected chi connectivity index (χ0v) is 8.64. The first-order chi connectivity index (χ1) is 5.72. The number of hydrogen-bond donors (Lipinski definition) is 1. The minimum Gasteiger partial charge on any atom is -0.315 e. The zero-order valence-electron chi connectivity index (χ0n) is 8.64. The van der Waals surface area contributed by atoms with Gasteiger partial charge in [-0.2, -0.15) is 0 Å². The monoisotopic (exact) mass is 170 g/mol. The third-order valence-electron chi connectivity index (χ3n) is 2.92. The van der Waals surface area contributed by atoms with E-state index in [1.807, 2.05) is 0 Å². The van der Waals surface area contributed by atoms with Crippen LogP contribution in [0.1, 0.15) is 27.2 Å². The Bertz CT molecular complexity index is 115. The number of rotatable bonds is 2. The van der Waals surface area contributed by atoms with Gasteiger partial charge in [-0.15, -0.1) is 0 Å². The van der Waals surface area contributed by atoms with Gasteiger partial charge >= 0.3 is 0 Å². The van der Waals surface area contributed by atoms with Crippen LogP contribution in [-0.4, -0.2) is 37.1 Å². The van der Waals surface area contributed by atoms with Crippen LogP contribution in [0.25, 0.3) is 0 Å². The van der Waals surface area contributed by atoms with Crippen LogP contribution in [0.4, 0.5) is 0 Å². The molecule has 72 valence electrons. The summed E-state index contributed by atoms with van der Waals surface area (Å²) in [5.74, 6) is 0.781. The molecule has 1 aliphatic heterocycles. The van der Waals surface area contributed by atoms with E-state index >= 15 is 0 Å². The van der Waals surface area contributed by atoms with Crippen LogP contribution in [0.5, 0.6) is 0 Å². The summed E-state index contributed by atoms with van der Waals surface area (Å²) in [7, 11) is 0. The first-order valence-corrected chi connectivity index (χ1v) is 5.16. The molecule has 0 amide bonds. The Morgan fingerprint density at radius 3 is 2.50 bits per heavy atom. The van der Waals surface area contributed by atoms with Crippen LogP contribution in [0, 0.1) is 5.92 Å². The highest BCUT2D eigenvalue weighted by Gasteiger charge is 2.17. The second kappa shape index (κ2) is 4.83. The van der Waals surface area contributed by atoms with Gasteiger partial charge in [-0.25, -0.2) is 0 Å². The largest absolute Gasteiger partial charge is 0.315 e. The fourth-order valence-corrected chi connectivity index (χ4v) is 1.70. The van der Waals surface area contributed by atoms with Crippen molar-refractivity contribution < 1.29 is 0 Å². The van der Waals surface area contributed by atoms with Crippen molar-refractivity contribution in [1.82, 2.24) is 10.2 Å². The molecule has 0 aromatic carbocycles. The molecule has 12 heavy (non-hydrogen) atoms. The molecule has 0 bridgehead atoms. The third-order valence-corrected chi connectivity index (χ3v) is 2.92. The average molecular weight is 170 g/mol. The summed E-state index contributed by atoms with van der Waals surface area (Å²) in [6, 6.07) is 0.741. The summed E-state index contributed by atoms with van der Waals surface area (Å²) in [4.78, 5) is 2.60. The van der Waals surface area contributed by atoms with Gasteiger partial charge in [0.25, 0.3) is 0 Å². The van der Waals surface area contributed by atoms with E-state index in [1.165, 1.54) is 26.1 Å². The van der Waals surface area contributed by atoms with Gasteiger partial charge in [0.05, 0.1) is 0 Å². The van der Waals surface area contributed by atoms with E-state index in [4.69, 9.17) is 0 Å². The fourth-order valence-electron chi connectivity index (χ4n) is 1.70. The SMILES string of the molecule is CC(C)C(C)N1CCCNCC1. The molecule has 1 rings (SSSR count). The second-order valence-corrected chi connectivity index (χ2v) is 4.12. The van der Waals surface area contributed by atoms with Crippen LogP contribution >= 0.6 is 0 Å². The lowest BCUT2D eigenvalue weighted by Crippen LogP contribution is -2.38. The quantitative estimate of drug-likeness (QED) is 0.672. The Hall–Kier alpha value is -0.0800. The lowest BCUT2D eigenvalue weighted by Gasteiger charge is -2.30. The average Bonchev–Trinajstić information content (AvgIpc) is 2.30. The molecule has 0 aromatic heterocycles. The van der Waals surface area contributed by atoms with Crippen molar-refractivity contribution >= 4 is 0 Å². The highest BCUT2D eigenvalue weighted by Crippen LogP contribution is 2.10. The lowest BCUT2D eigenvalue weighted by atomic mass is 10.0. The minimum atomic E-state index is 0.741. The van der Waals surface area contributed by atoms with Gasteiger partial charge < -0.3 is 5.32 Å². The smallest absolute Gasteiger partial charge is 0.0110 e. The molecule has 0 aromatic rings. The molecule has 1 atom stereocenters. The predicted molar refractivity (Wildman–Crippen MR) is 53.4 cm³/mol. The molecule has 0 spiro atoms. The van der Waals surface area contributed by atoms with Crippen LogP contribution in [0.15, 0.2) is 0 Å². The van der Waals surface area contributed by atoms with Crippen LogP contribution in [0.2, 0.25) is 0 Å². The summed E-state index contributed by atoms with van der Waals surface area (Å²) in [5.41, 5.74) is 0. The fraction of sp³-hybridized carbons (Fsp3) is 1.00. The predicted octanol–water partition coefficient (Wildman–Crippen LogP) is 1.33. The standard InChI is InChI=1S/C10H22N2/c1-9(2)10(3)12-7-4-5-11-6-8-12/h9-11H,4-8H2,1-3H3. The summed E-state index contributed by atoms with van der Waals surface area (Å²) >= 11 is 0. The van der Waals surface area contributed by atoms with Gasteiger partial charge in [0.2, 0.25) is 0 Å².